The molecule has 1 rings (SSSR count). The third-order valence-electron chi connectivity index (χ3n) is 2.84. The molecule has 1 heterocycles. The Bertz CT molecular complexity index is 368. The third kappa shape index (κ3) is 8.31. The Balaban J connectivity index is 0.00000361. The number of hydrogen-bond acceptors (Lipinski definition) is 4. The van der Waals surface area contributed by atoms with Crippen molar-refractivity contribution in [2.45, 2.75) is 37.6 Å². The Morgan fingerprint density at radius 1 is 1.45 bits per heavy atom. The molecule has 0 aromatic carbocycles. The monoisotopic (exact) mass is 428 g/mol. The first-order valence-electron chi connectivity index (χ1n) is 6.63. The number of nitrogens with zero attached hydrogens (tertiary/aromatic N) is 2. The third-order valence-corrected chi connectivity index (χ3v) is 4.89. The van der Waals surface area contributed by atoms with Gasteiger partial charge in [0.25, 0.3) is 0 Å². The van der Waals surface area contributed by atoms with Crippen LogP contribution >= 0.6 is 47.1 Å². The number of aliphatic imine (C=N–C) groups is 1. The fraction of sp³-hybridized carbons (Fsp3) is 0.692. The lowest BCUT2D eigenvalue weighted by Gasteiger charge is -2.20. The zero-order chi connectivity index (χ0) is 14.1. The van der Waals surface area contributed by atoms with Crippen molar-refractivity contribution < 1.29 is 0 Å². The van der Waals surface area contributed by atoms with Crippen LogP contribution in [0.5, 0.6) is 0 Å². The summed E-state index contributed by atoms with van der Waals surface area (Å²) in [7, 11) is 1.81. The molecule has 0 aliphatic rings. The highest BCUT2D eigenvalue weighted by Gasteiger charge is 2.08. The molecule has 0 fully saturated rings. The number of hydrogen-bond donors (Lipinski definition) is 2. The molecule has 0 radical (unpaired) electrons. The van der Waals surface area contributed by atoms with E-state index in [-0.39, 0.29) is 24.0 Å². The highest BCUT2D eigenvalue weighted by molar-refractivity contribution is 14.0. The maximum absolute atomic E-state index is 4.25. The van der Waals surface area contributed by atoms with Gasteiger partial charge in [-0.2, -0.15) is 0 Å². The van der Waals surface area contributed by atoms with Crippen LogP contribution in [-0.2, 0) is 0 Å². The van der Waals surface area contributed by atoms with E-state index >= 15 is 0 Å². The van der Waals surface area contributed by atoms with Crippen molar-refractivity contribution in [3.63, 3.8) is 0 Å². The average Bonchev–Trinajstić information content (AvgIpc) is 2.89. The molecule has 0 spiro atoms. The van der Waals surface area contributed by atoms with E-state index in [0.717, 1.165) is 29.0 Å². The van der Waals surface area contributed by atoms with Crippen molar-refractivity contribution in [2.75, 3.05) is 19.3 Å². The first-order chi connectivity index (χ1) is 9.13. The van der Waals surface area contributed by atoms with Crippen LogP contribution in [0.4, 0.5) is 0 Å². The number of thioether (sulfide) groups is 1. The Kier molecular flexibility index (Phi) is 11.6. The lowest BCUT2D eigenvalue weighted by atomic mass is 10.1. The van der Waals surface area contributed by atoms with Gasteiger partial charge in [-0.25, -0.2) is 4.98 Å². The van der Waals surface area contributed by atoms with Gasteiger partial charge in [0.05, 0.1) is 0 Å². The summed E-state index contributed by atoms with van der Waals surface area (Å²) in [5, 5.41) is 8.75. The summed E-state index contributed by atoms with van der Waals surface area (Å²) in [6.45, 7) is 7.52. The second kappa shape index (κ2) is 11.6. The summed E-state index contributed by atoms with van der Waals surface area (Å²) in [4.78, 5) is 8.48. The van der Waals surface area contributed by atoms with Crippen molar-refractivity contribution in [2.24, 2.45) is 10.9 Å². The minimum absolute atomic E-state index is 0. The fourth-order valence-corrected chi connectivity index (χ4v) is 2.94. The van der Waals surface area contributed by atoms with Crippen molar-refractivity contribution in [3.05, 3.63) is 11.6 Å². The smallest absolute Gasteiger partial charge is 0.191 e. The van der Waals surface area contributed by atoms with Crippen molar-refractivity contribution >= 4 is 53.0 Å². The minimum atomic E-state index is 0. The van der Waals surface area contributed by atoms with Crippen LogP contribution in [0.25, 0.3) is 0 Å². The van der Waals surface area contributed by atoms with Gasteiger partial charge in [0, 0.05) is 37.0 Å². The van der Waals surface area contributed by atoms with E-state index in [1.165, 1.54) is 0 Å². The summed E-state index contributed by atoms with van der Waals surface area (Å²) >= 11 is 3.51. The van der Waals surface area contributed by atoms with Gasteiger partial charge < -0.3 is 10.6 Å². The quantitative estimate of drug-likeness (QED) is 0.230. The Morgan fingerprint density at radius 3 is 2.75 bits per heavy atom. The predicted octanol–water partition coefficient (Wildman–Crippen LogP) is 3.45. The maximum Gasteiger partial charge on any atom is 0.191 e. The van der Waals surface area contributed by atoms with Gasteiger partial charge in [0.2, 0.25) is 0 Å². The topological polar surface area (TPSA) is 49.3 Å². The molecule has 0 aliphatic carbocycles. The van der Waals surface area contributed by atoms with Gasteiger partial charge in [-0.15, -0.1) is 35.3 Å². The van der Waals surface area contributed by atoms with Crippen LogP contribution < -0.4 is 10.6 Å². The van der Waals surface area contributed by atoms with Crippen molar-refractivity contribution in [3.8, 4) is 0 Å². The molecular formula is C13H25IN4S2. The average molecular weight is 428 g/mol. The minimum Gasteiger partial charge on any atom is -0.356 e. The van der Waals surface area contributed by atoms with E-state index in [2.05, 4.69) is 41.4 Å². The molecule has 0 aliphatic heterocycles. The summed E-state index contributed by atoms with van der Waals surface area (Å²) in [6.07, 6.45) is 2.95. The molecule has 2 N–H and O–H groups in total. The lowest BCUT2D eigenvalue weighted by Crippen LogP contribution is -2.44. The Labute approximate surface area is 147 Å². The predicted molar refractivity (Wildman–Crippen MR) is 102 cm³/mol. The SMILES string of the molecule is CN=C(NCCCSc1nccs1)NC(C)C(C)C.I. The largest absolute Gasteiger partial charge is 0.356 e. The zero-order valence-electron chi connectivity index (χ0n) is 12.5. The van der Waals surface area contributed by atoms with E-state index in [4.69, 9.17) is 0 Å². The van der Waals surface area contributed by atoms with Gasteiger partial charge in [0.15, 0.2) is 5.96 Å². The van der Waals surface area contributed by atoms with Crippen LogP contribution in [0.3, 0.4) is 0 Å². The summed E-state index contributed by atoms with van der Waals surface area (Å²) in [5.41, 5.74) is 0. The molecule has 4 nitrogen and oxygen atoms in total. The molecule has 1 atom stereocenters. The van der Waals surface area contributed by atoms with E-state index in [0.29, 0.717) is 12.0 Å². The Morgan fingerprint density at radius 2 is 2.20 bits per heavy atom. The normalized spacial score (nSPS) is 12.9. The van der Waals surface area contributed by atoms with Gasteiger partial charge >= 0.3 is 0 Å². The van der Waals surface area contributed by atoms with Crippen molar-refractivity contribution in [1.82, 2.24) is 15.6 Å². The van der Waals surface area contributed by atoms with E-state index in [1.54, 1.807) is 11.3 Å². The molecule has 116 valence electrons. The van der Waals surface area contributed by atoms with E-state index < -0.39 is 0 Å². The van der Waals surface area contributed by atoms with Crippen LogP contribution in [0, 0.1) is 5.92 Å². The summed E-state index contributed by atoms with van der Waals surface area (Å²) in [5.74, 6) is 2.57. The first-order valence-corrected chi connectivity index (χ1v) is 8.49. The van der Waals surface area contributed by atoms with Gasteiger partial charge in [-0.1, -0.05) is 25.6 Å². The molecule has 20 heavy (non-hydrogen) atoms. The van der Waals surface area contributed by atoms with E-state index in [1.807, 2.05) is 30.4 Å². The molecule has 0 amide bonds. The van der Waals surface area contributed by atoms with E-state index in [9.17, 15) is 0 Å². The highest BCUT2D eigenvalue weighted by Crippen LogP contribution is 2.20. The number of rotatable bonds is 7. The molecule has 7 heteroatoms. The zero-order valence-corrected chi connectivity index (χ0v) is 16.5. The second-order valence-corrected chi connectivity index (χ2v) is 6.91. The van der Waals surface area contributed by atoms with Crippen LogP contribution in [0.1, 0.15) is 27.2 Å². The van der Waals surface area contributed by atoms with Gasteiger partial charge in [-0.05, 0) is 19.3 Å². The Hall–Kier alpha value is -0.0200. The number of halogens is 1. The summed E-state index contributed by atoms with van der Waals surface area (Å²) < 4.78 is 1.15. The molecule has 0 saturated heterocycles. The lowest BCUT2D eigenvalue weighted by molar-refractivity contribution is 0.481. The first kappa shape index (κ1) is 20.0. The maximum atomic E-state index is 4.25. The van der Waals surface area contributed by atoms with Crippen LogP contribution in [0.2, 0.25) is 0 Å². The molecule has 1 unspecified atom stereocenters. The number of thiazole rings is 1. The van der Waals surface area contributed by atoms with Crippen LogP contribution in [0.15, 0.2) is 20.9 Å². The molecule has 1 aromatic rings. The molecule has 0 saturated carbocycles. The number of guanidine groups is 1. The van der Waals surface area contributed by atoms with Crippen molar-refractivity contribution in [1.29, 1.82) is 0 Å². The number of aromatic nitrogens is 1. The standard InChI is InChI=1S/C13H24N4S2.HI/c1-10(2)11(3)17-12(14-4)15-6-5-8-18-13-16-7-9-19-13;/h7,9-11H,5-6,8H2,1-4H3,(H2,14,15,17);1H. The highest BCUT2D eigenvalue weighted by atomic mass is 127. The van der Waals surface area contributed by atoms with Gasteiger partial charge in [0.1, 0.15) is 4.34 Å². The fourth-order valence-electron chi connectivity index (χ4n) is 1.30. The molecule has 0 bridgehead atoms. The summed E-state index contributed by atoms with van der Waals surface area (Å²) in [6, 6.07) is 0.427. The molecular weight excluding hydrogens is 403 g/mol. The number of nitrogens with one attached hydrogen (secondary N) is 2. The van der Waals surface area contributed by atoms with Gasteiger partial charge in [-0.3, -0.25) is 4.99 Å². The second-order valence-electron chi connectivity index (χ2n) is 4.68. The molecule has 1 aromatic heterocycles. The van der Waals surface area contributed by atoms with Crippen LogP contribution in [-0.4, -0.2) is 36.3 Å².